The van der Waals surface area contributed by atoms with E-state index in [4.69, 9.17) is 0 Å². The van der Waals surface area contributed by atoms with Gasteiger partial charge in [-0.05, 0) is 58.0 Å². The van der Waals surface area contributed by atoms with Gasteiger partial charge in [-0.15, -0.1) is 0 Å². The van der Waals surface area contributed by atoms with Crippen LogP contribution in [0.3, 0.4) is 0 Å². The highest BCUT2D eigenvalue weighted by atomic mass is 15.0. The minimum atomic E-state index is 1.07. The van der Waals surface area contributed by atoms with Crippen molar-refractivity contribution in [1.29, 1.82) is 0 Å². The molecule has 0 unspecified atom stereocenters. The van der Waals surface area contributed by atoms with E-state index in [9.17, 15) is 0 Å². The molecule has 0 radical (unpaired) electrons. The summed E-state index contributed by atoms with van der Waals surface area (Å²) in [5.41, 5.74) is 12.6. The van der Waals surface area contributed by atoms with Gasteiger partial charge in [0.05, 0.1) is 16.7 Å². The lowest BCUT2D eigenvalue weighted by molar-refractivity contribution is 0.924. The summed E-state index contributed by atoms with van der Waals surface area (Å²) < 4.78 is 2.43. The van der Waals surface area contributed by atoms with Crippen molar-refractivity contribution in [1.82, 2.24) is 4.57 Å². The number of aromatic nitrogens is 1. The number of hydrogen-bond acceptors (Lipinski definition) is 0. The molecule has 0 N–H and O–H groups in total. The van der Waals surface area contributed by atoms with Crippen molar-refractivity contribution in [3.05, 3.63) is 151 Å². The van der Waals surface area contributed by atoms with Gasteiger partial charge in [-0.2, -0.15) is 0 Å². The number of benzene rings is 6. The molecule has 0 amide bonds. The first-order valence-corrected chi connectivity index (χ1v) is 14.2. The van der Waals surface area contributed by atoms with Gasteiger partial charge in [-0.3, -0.25) is 0 Å². The SMILES string of the molecule is CCCc1ccccc1-c1ccccc1-c1ccccc1-c1ccccc1-n1c2ccccc2c2ccccc21. The normalized spacial score (nSPS) is 11.3. The molecule has 1 heterocycles. The Morgan fingerprint density at radius 3 is 1.38 bits per heavy atom. The quantitative estimate of drug-likeness (QED) is 0.208. The molecule has 1 heteroatoms. The molecule has 6 aromatic carbocycles. The standard InChI is InChI=1S/C39H31N/c1-2-15-28-16-3-4-17-29(28)30-18-5-6-19-31(30)32-20-7-8-21-33(32)34-22-9-12-25-37(34)40-38-26-13-10-23-35(38)36-24-11-14-27-39(36)40/h3-14,16-27H,2,15H2,1H3. The number of nitrogens with zero attached hydrogens (tertiary/aromatic N) is 1. The fourth-order valence-electron chi connectivity index (χ4n) is 6.25. The van der Waals surface area contributed by atoms with Crippen LogP contribution in [0.5, 0.6) is 0 Å². The highest BCUT2D eigenvalue weighted by molar-refractivity contribution is 6.10. The molecule has 1 aromatic heterocycles. The Balaban J connectivity index is 1.48. The van der Waals surface area contributed by atoms with Crippen LogP contribution in [0.1, 0.15) is 18.9 Å². The molecule has 0 atom stereocenters. The first-order chi connectivity index (χ1) is 19.8. The molecular weight excluding hydrogens is 482 g/mol. The molecule has 0 saturated heterocycles. The maximum Gasteiger partial charge on any atom is 0.0541 e. The number of para-hydroxylation sites is 3. The third-order valence-corrected chi connectivity index (χ3v) is 7.99. The average molecular weight is 514 g/mol. The highest BCUT2D eigenvalue weighted by Crippen LogP contribution is 2.42. The van der Waals surface area contributed by atoms with Gasteiger partial charge in [-0.25, -0.2) is 0 Å². The van der Waals surface area contributed by atoms with E-state index in [0.717, 1.165) is 12.8 Å². The number of rotatable bonds is 6. The van der Waals surface area contributed by atoms with Crippen LogP contribution < -0.4 is 0 Å². The van der Waals surface area contributed by atoms with Crippen molar-refractivity contribution in [2.24, 2.45) is 0 Å². The maximum atomic E-state index is 2.43. The van der Waals surface area contributed by atoms with E-state index < -0.39 is 0 Å². The van der Waals surface area contributed by atoms with Crippen LogP contribution >= 0.6 is 0 Å². The van der Waals surface area contributed by atoms with E-state index in [1.54, 1.807) is 0 Å². The number of aryl methyl sites for hydroxylation is 1. The van der Waals surface area contributed by atoms with Gasteiger partial charge < -0.3 is 4.57 Å². The zero-order valence-electron chi connectivity index (χ0n) is 22.7. The summed E-state index contributed by atoms with van der Waals surface area (Å²) >= 11 is 0. The summed E-state index contributed by atoms with van der Waals surface area (Å²) in [6.07, 6.45) is 2.20. The molecule has 1 nitrogen and oxygen atoms in total. The molecule has 0 aliphatic carbocycles. The molecule has 7 aromatic rings. The van der Waals surface area contributed by atoms with Gasteiger partial charge >= 0.3 is 0 Å². The fourth-order valence-corrected chi connectivity index (χ4v) is 6.25. The Morgan fingerprint density at radius 1 is 0.400 bits per heavy atom. The number of hydrogen-bond donors (Lipinski definition) is 0. The van der Waals surface area contributed by atoms with E-state index >= 15 is 0 Å². The Kier molecular flexibility index (Phi) is 6.26. The lowest BCUT2D eigenvalue weighted by atomic mass is 9.87. The predicted molar refractivity (Wildman–Crippen MR) is 171 cm³/mol. The molecule has 192 valence electrons. The first-order valence-electron chi connectivity index (χ1n) is 14.2. The van der Waals surface area contributed by atoms with Crippen LogP contribution in [0.15, 0.2) is 146 Å². The summed E-state index contributed by atoms with van der Waals surface area (Å²) in [6.45, 7) is 2.25. The zero-order valence-corrected chi connectivity index (χ0v) is 22.7. The van der Waals surface area contributed by atoms with E-state index in [0.29, 0.717) is 0 Å². The summed E-state index contributed by atoms with van der Waals surface area (Å²) in [5.74, 6) is 0. The molecule has 0 saturated carbocycles. The highest BCUT2D eigenvalue weighted by Gasteiger charge is 2.18. The largest absolute Gasteiger partial charge is 0.309 e. The second kappa shape index (κ2) is 10.4. The predicted octanol–water partition coefficient (Wildman–Crippen LogP) is 10.7. The van der Waals surface area contributed by atoms with E-state index in [2.05, 4.69) is 157 Å². The van der Waals surface area contributed by atoms with E-state index in [1.165, 1.54) is 66.4 Å². The minimum absolute atomic E-state index is 1.07. The zero-order chi connectivity index (χ0) is 26.9. The summed E-state index contributed by atoms with van der Waals surface area (Å²) in [6, 6.07) is 52.9. The second-order valence-electron chi connectivity index (χ2n) is 10.4. The van der Waals surface area contributed by atoms with Crippen molar-refractivity contribution >= 4 is 21.8 Å². The van der Waals surface area contributed by atoms with E-state index in [-0.39, 0.29) is 0 Å². The van der Waals surface area contributed by atoms with Crippen LogP contribution in [-0.2, 0) is 6.42 Å². The molecule has 7 rings (SSSR count). The van der Waals surface area contributed by atoms with Crippen LogP contribution in [0.2, 0.25) is 0 Å². The van der Waals surface area contributed by atoms with Crippen molar-refractivity contribution in [2.75, 3.05) is 0 Å². The van der Waals surface area contributed by atoms with Gasteiger partial charge in [0, 0.05) is 16.3 Å². The smallest absolute Gasteiger partial charge is 0.0541 e. The van der Waals surface area contributed by atoms with Crippen molar-refractivity contribution < 1.29 is 0 Å². The Hall–Kier alpha value is -4.88. The van der Waals surface area contributed by atoms with Crippen LogP contribution in [-0.4, -0.2) is 4.57 Å². The van der Waals surface area contributed by atoms with Gasteiger partial charge in [0.2, 0.25) is 0 Å². The van der Waals surface area contributed by atoms with Gasteiger partial charge in [0.1, 0.15) is 0 Å². The fraction of sp³-hybridized carbons (Fsp3) is 0.0769. The van der Waals surface area contributed by atoms with Crippen LogP contribution in [0.4, 0.5) is 0 Å². The monoisotopic (exact) mass is 513 g/mol. The third kappa shape index (κ3) is 4.03. The topological polar surface area (TPSA) is 4.93 Å². The van der Waals surface area contributed by atoms with Gasteiger partial charge in [-0.1, -0.05) is 141 Å². The second-order valence-corrected chi connectivity index (χ2v) is 10.4. The maximum absolute atomic E-state index is 2.43. The van der Waals surface area contributed by atoms with Crippen molar-refractivity contribution in [2.45, 2.75) is 19.8 Å². The molecule has 0 spiro atoms. The molecule has 0 fully saturated rings. The van der Waals surface area contributed by atoms with Gasteiger partial charge in [0.25, 0.3) is 0 Å². The average Bonchev–Trinajstić information content (AvgIpc) is 3.36. The van der Waals surface area contributed by atoms with Crippen molar-refractivity contribution in [3.8, 4) is 39.1 Å². The summed E-state index contributed by atoms with van der Waals surface area (Å²) in [4.78, 5) is 0. The summed E-state index contributed by atoms with van der Waals surface area (Å²) in [5, 5.41) is 2.55. The van der Waals surface area contributed by atoms with E-state index in [1.807, 2.05) is 0 Å². The van der Waals surface area contributed by atoms with Crippen LogP contribution in [0.25, 0.3) is 60.9 Å². The number of fused-ring (bicyclic) bond motifs is 3. The molecular formula is C39H31N. The third-order valence-electron chi connectivity index (χ3n) is 7.99. The Labute approximate surface area is 236 Å². The van der Waals surface area contributed by atoms with Gasteiger partial charge in [0.15, 0.2) is 0 Å². The lowest BCUT2D eigenvalue weighted by Gasteiger charge is -2.19. The lowest BCUT2D eigenvalue weighted by Crippen LogP contribution is -1.98. The molecule has 0 aliphatic rings. The molecule has 0 aliphatic heterocycles. The van der Waals surface area contributed by atoms with Crippen molar-refractivity contribution in [3.63, 3.8) is 0 Å². The summed E-state index contributed by atoms with van der Waals surface area (Å²) in [7, 11) is 0. The Bertz CT molecular complexity index is 1920. The first kappa shape index (κ1) is 24.2. The van der Waals surface area contributed by atoms with Crippen LogP contribution in [0, 0.1) is 0 Å². The minimum Gasteiger partial charge on any atom is -0.309 e. The molecule has 40 heavy (non-hydrogen) atoms. The molecule has 0 bridgehead atoms. The Morgan fingerprint density at radius 2 is 0.800 bits per heavy atom.